The number of methoxy groups -OCH3 is 1. The Morgan fingerprint density at radius 1 is 1.53 bits per heavy atom. The lowest BCUT2D eigenvalue weighted by Crippen LogP contribution is -1.98. The molecule has 0 bridgehead atoms. The summed E-state index contributed by atoms with van der Waals surface area (Å²) < 4.78 is 5.02. The van der Waals surface area contributed by atoms with E-state index in [1.54, 1.807) is 6.07 Å². The molecule has 0 fully saturated rings. The van der Waals surface area contributed by atoms with Gasteiger partial charge in [-0.2, -0.15) is 0 Å². The van der Waals surface area contributed by atoms with Gasteiger partial charge in [0.05, 0.1) is 12.1 Å². The van der Waals surface area contributed by atoms with Gasteiger partial charge in [-0.15, -0.1) is 0 Å². The van der Waals surface area contributed by atoms with Gasteiger partial charge in [-0.05, 0) is 31.4 Å². The van der Waals surface area contributed by atoms with Crippen LogP contribution in [0.3, 0.4) is 0 Å². The Labute approximate surface area is 105 Å². The van der Waals surface area contributed by atoms with Crippen molar-refractivity contribution >= 4 is 17.6 Å². The highest BCUT2D eigenvalue weighted by atomic mass is 35.5. The van der Waals surface area contributed by atoms with Gasteiger partial charge >= 0.3 is 5.97 Å². The Kier molecular flexibility index (Phi) is 4.63. The van der Waals surface area contributed by atoms with Crippen molar-refractivity contribution < 1.29 is 19.7 Å². The van der Waals surface area contributed by atoms with Gasteiger partial charge in [0, 0.05) is 12.0 Å². The summed E-state index contributed by atoms with van der Waals surface area (Å²) in [5, 5.41) is 18.9. The number of carbonyl (C=O) groups is 1. The van der Waals surface area contributed by atoms with E-state index in [1.807, 2.05) is 6.92 Å². The molecule has 0 radical (unpaired) electrons. The van der Waals surface area contributed by atoms with E-state index in [2.05, 4.69) is 0 Å². The zero-order valence-corrected chi connectivity index (χ0v) is 10.5. The molecule has 0 aliphatic carbocycles. The van der Waals surface area contributed by atoms with Crippen molar-refractivity contribution in [3.63, 3.8) is 0 Å². The number of rotatable bonds is 5. The quantitative estimate of drug-likeness (QED) is 0.852. The molecule has 0 aliphatic heterocycles. The Bertz CT molecular complexity index is 429. The minimum atomic E-state index is -0.861. The molecule has 1 aromatic rings. The van der Waals surface area contributed by atoms with Gasteiger partial charge in [0.2, 0.25) is 0 Å². The third-order valence-electron chi connectivity index (χ3n) is 2.52. The van der Waals surface area contributed by atoms with Crippen LogP contribution in [0.2, 0.25) is 5.02 Å². The van der Waals surface area contributed by atoms with Crippen LogP contribution >= 0.6 is 11.6 Å². The predicted octanol–water partition coefficient (Wildman–Crippen LogP) is 2.77. The SMILES string of the molecule is COc1cc(C)c(Cl)c(CCCC(=O)O)c1O. The summed E-state index contributed by atoms with van der Waals surface area (Å²) in [6.45, 7) is 1.81. The number of carboxylic acid groups (broad SMARTS) is 1. The molecular formula is C12H15ClO4. The van der Waals surface area contributed by atoms with E-state index >= 15 is 0 Å². The van der Waals surface area contributed by atoms with E-state index < -0.39 is 5.97 Å². The van der Waals surface area contributed by atoms with Gasteiger partial charge in [-0.3, -0.25) is 4.79 Å². The fraction of sp³-hybridized carbons (Fsp3) is 0.417. The summed E-state index contributed by atoms with van der Waals surface area (Å²) >= 11 is 6.08. The van der Waals surface area contributed by atoms with Crippen molar-refractivity contribution in [3.05, 3.63) is 22.2 Å². The highest BCUT2D eigenvalue weighted by Crippen LogP contribution is 2.38. The van der Waals surface area contributed by atoms with E-state index in [-0.39, 0.29) is 12.2 Å². The van der Waals surface area contributed by atoms with Crippen LogP contribution < -0.4 is 4.74 Å². The molecule has 1 aromatic carbocycles. The van der Waals surface area contributed by atoms with Gasteiger partial charge in [0.25, 0.3) is 0 Å². The third-order valence-corrected chi connectivity index (χ3v) is 3.04. The van der Waals surface area contributed by atoms with Crippen molar-refractivity contribution in [2.75, 3.05) is 7.11 Å². The van der Waals surface area contributed by atoms with Crippen molar-refractivity contribution in [2.45, 2.75) is 26.2 Å². The number of aromatic hydroxyl groups is 1. The Hall–Kier alpha value is -1.42. The van der Waals surface area contributed by atoms with Crippen LogP contribution in [0.1, 0.15) is 24.0 Å². The van der Waals surface area contributed by atoms with E-state index in [0.717, 1.165) is 5.56 Å². The first kappa shape index (κ1) is 13.6. The fourth-order valence-electron chi connectivity index (χ4n) is 1.62. The highest BCUT2D eigenvalue weighted by molar-refractivity contribution is 6.32. The van der Waals surface area contributed by atoms with Gasteiger partial charge in [0.15, 0.2) is 11.5 Å². The molecule has 17 heavy (non-hydrogen) atoms. The minimum Gasteiger partial charge on any atom is -0.504 e. The minimum absolute atomic E-state index is 0.00603. The molecule has 2 N–H and O–H groups in total. The number of phenolic OH excluding ortho intramolecular Hbond substituents is 1. The van der Waals surface area contributed by atoms with E-state index in [4.69, 9.17) is 21.4 Å². The number of benzene rings is 1. The Morgan fingerprint density at radius 3 is 2.71 bits per heavy atom. The molecule has 1 rings (SSSR count). The number of hydrogen-bond donors (Lipinski definition) is 2. The first-order chi connectivity index (χ1) is 7.97. The lowest BCUT2D eigenvalue weighted by atomic mass is 10.0. The molecule has 0 saturated heterocycles. The normalized spacial score (nSPS) is 10.3. The summed E-state index contributed by atoms with van der Waals surface area (Å²) in [5.74, 6) is -0.508. The number of hydrogen-bond acceptors (Lipinski definition) is 3. The molecule has 0 aliphatic rings. The number of aryl methyl sites for hydroxylation is 1. The van der Waals surface area contributed by atoms with Crippen molar-refractivity contribution in [3.8, 4) is 11.5 Å². The largest absolute Gasteiger partial charge is 0.504 e. The summed E-state index contributed by atoms with van der Waals surface area (Å²) in [5.41, 5.74) is 1.34. The van der Waals surface area contributed by atoms with Crippen LogP contribution in [0.5, 0.6) is 11.5 Å². The number of halogens is 1. The molecule has 0 spiro atoms. The lowest BCUT2D eigenvalue weighted by molar-refractivity contribution is -0.137. The average molecular weight is 259 g/mol. The molecular weight excluding hydrogens is 244 g/mol. The van der Waals surface area contributed by atoms with Crippen LogP contribution in [0.15, 0.2) is 6.07 Å². The lowest BCUT2D eigenvalue weighted by Gasteiger charge is -2.12. The predicted molar refractivity (Wildman–Crippen MR) is 65.0 cm³/mol. The van der Waals surface area contributed by atoms with Crippen molar-refractivity contribution in [2.24, 2.45) is 0 Å². The van der Waals surface area contributed by atoms with E-state index in [1.165, 1.54) is 7.11 Å². The molecule has 0 heterocycles. The smallest absolute Gasteiger partial charge is 0.303 e. The average Bonchev–Trinajstić information content (AvgIpc) is 2.27. The first-order valence-electron chi connectivity index (χ1n) is 5.24. The second-order valence-corrected chi connectivity index (χ2v) is 4.16. The van der Waals surface area contributed by atoms with Crippen LogP contribution in [0.25, 0.3) is 0 Å². The standard InChI is InChI=1S/C12H15ClO4/c1-7-6-9(17-2)12(16)8(11(7)13)4-3-5-10(14)15/h6,16H,3-5H2,1-2H3,(H,14,15). The molecule has 0 aromatic heterocycles. The number of aliphatic carboxylic acids is 1. The Balaban J connectivity index is 2.96. The summed E-state index contributed by atoms with van der Waals surface area (Å²) in [4.78, 5) is 10.4. The second-order valence-electron chi connectivity index (χ2n) is 3.78. The molecule has 0 saturated carbocycles. The summed E-state index contributed by atoms with van der Waals surface area (Å²) in [7, 11) is 1.46. The molecule has 0 amide bonds. The van der Waals surface area contributed by atoms with Gasteiger partial charge < -0.3 is 14.9 Å². The number of carboxylic acids is 1. The van der Waals surface area contributed by atoms with Gasteiger partial charge in [-0.1, -0.05) is 11.6 Å². The van der Waals surface area contributed by atoms with Crippen LogP contribution in [-0.2, 0) is 11.2 Å². The molecule has 0 atom stereocenters. The maximum absolute atomic E-state index is 10.4. The molecule has 5 heteroatoms. The maximum Gasteiger partial charge on any atom is 0.303 e. The van der Waals surface area contributed by atoms with Gasteiger partial charge in [0.1, 0.15) is 0 Å². The second kappa shape index (κ2) is 5.77. The van der Waals surface area contributed by atoms with Crippen LogP contribution in [-0.4, -0.2) is 23.3 Å². The molecule has 94 valence electrons. The molecule has 0 unspecified atom stereocenters. The zero-order valence-electron chi connectivity index (χ0n) is 9.79. The van der Waals surface area contributed by atoms with Crippen LogP contribution in [0.4, 0.5) is 0 Å². The number of ether oxygens (including phenoxy) is 1. The highest BCUT2D eigenvalue weighted by Gasteiger charge is 2.15. The van der Waals surface area contributed by atoms with Gasteiger partial charge in [-0.25, -0.2) is 0 Å². The summed E-state index contributed by atoms with van der Waals surface area (Å²) in [6.07, 6.45) is 0.885. The third kappa shape index (κ3) is 3.27. The van der Waals surface area contributed by atoms with E-state index in [0.29, 0.717) is 29.2 Å². The monoisotopic (exact) mass is 258 g/mol. The maximum atomic E-state index is 10.4. The van der Waals surface area contributed by atoms with Crippen LogP contribution in [0, 0.1) is 6.92 Å². The first-order valence-corrected chi connectivity index (χ1v) is 5.62. The Morgan fingerprint density at radius 2 is 2.18 bits per heavy atom. The summed E-state index contributed by atoms with van der Waals surface area (Å²) in [6, 6.07) is 1.65. The van der Waals surface area contributed by atoms with E-state index in [9.17, 15) is 9.90 Å². The topological polar surface area (TPSA) is 66.8 Å². The fourth-order valence-corrected chi connectivity index (χ4v) is 1.86. The molecule has 4 nitrogen and oxygen atoms in total. The van der Waals surface area contributed by atoms with Crippen molar-refractivity contribution in [1.29, 1.82) is 0 Å². The number of phenols is 1. The zero-order chi connectivity index (χ0) is 13.0. The van der Waals surface area contributed by atoms with Crippen molar-refractivity contribution in [1.82, 2.24) is 0 Å².